The third kappa shape index (κ3) is 17.9. The second-order valence-electron chi connectivity index (χ2n) is 25.6. The van der Waals surface area contributed by atoms with Crippen LogP contribution in [0.3, 0.4) is 0 Å². The van der Waals surface area contributed by atoms with Crippen LogP contribution in [0.1, 0.15) is 149 Å². The Bertz CT molecular complexity index is 2370. The molecular weight excluding hydrogens is 1090 g/mol. The van der Waals surface area contributed by atoms with E-state index in [1.165, 1.54) is 77.9 Å². The Balaban J connectivity index is 3.10. The fraction of sp³-hybridized carbons (Fsp3) is 0.797. The summed E-state index contributed by atoms with van der Waals surface area (Å²) >= 11 is 0. The molecule has 10 amide bonds. The number of hydrogen-bond acceptors (Lipinski definition) is 14. The number of likely N-dealkylation sites (N-methyl/N-ethyl adjacent to an activating group) is 7. The predicted molar refractivity (Wildman–Crippen MR) is 315 cm³/mol. The number of ether oxygens (including phenoxy) is 1. The molecule has 25 nitrogen and oxygen atoms in total. The smallest absolute Gasteiger partial charge is 0.319 e. The summed E-state index contributed by atoms with van der Waals surface area (Å²) in [5.41, 5.74) is -4.02. The van der Waals surface area contributed by atoms with Crippen molar-refractivity contribution in [3.05, 3.63) is 0 Å². The molecule has 2 saturated heterocycles. The van der Waals surface area contributed by atoms with Gasteiger partial charge in [-0.1, -0.05) is 83.1 Å². The number of urea groups is 1. The number of carbonyl (C=O) groups is 12. The van der Waals surface area contributed by atoms with Crippen molar-refractivity contribution >= 4 is 71.8 Å². The van der Waals surface area contributed by atoms with Gasteiger partial charge in [-0.3, -0.25) is 58.1 Å². The predicted octanol–water partition coefficient (Wildman–Crippen LogP) is 2.53. The molecule has 0 aromatic rings. The number of amides is 10. The molecule has 2 aliphatic heterocycles. The molecular formula is C59H103N11O14. The van der Waals surface area contributed by atoms with E-state index in [1.54, 1.807) is 48.5 Å². The summed E-state index contributed by atoms with van der Waals surface area (Å²) in [6.07, 6.45) is -1.09. The average Bonchev–Trinajstić information content (AvgIpc) is 2.98. The van der Waals surface area contributed by atoms with Gasteiger partial charge in [-0.05, 0) is 94.8 Å². The molecule has 5 N–H and O–H groups in total. The highest BCUT2D eigenvalue weighted by Crippen LogP contribution is 2.31. The molecule has 2 aliphatic rings. The largest absolute Gasteiger partial charge is 0.481 e. The van der Waals surface area contributed by atoms with Crippen LogP contribution in [0.25, 0.3) is 0 Å². The lowest BCUT2D eigenvalue weighted by Crippen LogP contribution is -2.70. The number of carbonyl (C=O) groups excluding carboxylic acids is 11. The van der Waals surface area contributed by atoms with E-state index in [-0.39, 0.29) is 62.7 Å². The summed E-state index contributed by atoms with van der Waals surface area (Å²) in [5, 5.41) is 20.7. The maximum Gasteiger partial charge on any atom is 0.319 e. The first-order chi connectivity index (χ1) is 38.7. The number of carboxylic acid groups (broad SMARTS) is 1. The van der Waals surface area contributed by atoms with Gasteiger partial charge in [-0.25, -0.2) is 4.79 Å². The molecule has 478 valence electrons. The number of aldehydes is 2. The zero-order valence-corrected chi connectivity index (χ0v) is 54.2. The van der Waals surface area contributed by atoms with Crippen LogP contribution in [0, 0.1) is 35.5 Å². The number of hydrogen-bond donors (Lipinski definition) is 5. The maximum absolute atomic E-state index is 15.1. The summed E-state index contributed by atoms with van der Waals surface area (Å²) in [7, 11) is 9.61. The van der Waals surface area contributed by atoms with Crippen molar-refractivity contribution in [2.24, 2.45) is 35.5 Å². The van der Waals surface area contributed by atoms with Gasteiger partial charge < -0.3 is 60.1 Å². The molecule has 13 atom stereocenters. The molecule has 0 radical (unpaired) electrons. The molecule has 2 bridgehead atoms. The SMILES string of the molecule is CCC1NC(=O)C2C(C(C)CCCC(=O)O)OC(C)C(C(=O)N2C)N(C)C(=O)C(CC(C)C)N(C)C(=O)C(C(C)C)N(C)C(=O)NC(C)(C=O)NC(=O)C(CC(C)C)N(C)C(=O)C(C(C)C)NC(C=O)(CC(C)C)N(C)C(=O)C(C)N(C)C1=O. The number of rotatable bonds is 16. The van der Waals surface area contributed by atoms with Crippen molar-refractivity contribution in [2.45, 2.75) is 221 Å². The Labute approximate surface area is 498 Å². The average molecular weight is 1190 g/mol. The number of fused-ring (bicyclic) bond motifs is 3. The normalized spacial score (nSPS) is 30.2. The highest BCUT2D eigenvalue weighted by molar-refractivity contribution is 5.99. The van der Waals surface area contributed by atoms with Crippen LogP contribution in [-0.4, -0.2) is 232 Å². The quantitative estimate of drug-likeness (QED) is 0.139. The van der Waals surface area contributed by atoms with Gasteiger partial charge in [0.05, 0.1) is 18.2 Å². The molecule has 2 heterocycles. The van der Waals surface area contributed by atoms with Crippen molar-refractivity contribution in [1.29, 1.82) is 0 Å². The number of carboxylic acids is 1. The number of nitrogens with one attached hydrogen (secondary N) is 4. The summed E-state index contributed by atoms with van der Waals surface area (Å²) in [5.74, 6) is -9.36. The highest BCUT2D eigenvalue weighted by Gasteiger charge is 2.51. The first kappa shape index (κ1) is 73.9. The fourth-order valence-corrected chi connectivity index (χ4v) is 11.3. The van der Waals surface area contributed by atoms with Crippen molar-refractivity contribution in [1.82, 2.24) is 55.6 Å². The van der Waals surface area contributed by atoms with Gasteiger partial charge in [-0.2, -0.15) is 0 Å². The Morgan fingerprint density at radius 1 is 0.619 bits per heavy atom. The minimum Gasteiger partial charge on any atom is -0.481 e. The van der Waals surface area contributed by atoms with Crippen LogP contribution in [0.15, 0.2) is 0 Å². The van der Waals surface area contributed by atoms with E-state index >= 15 is 9.59 Å². The maximum atomic E-state index is 15.1. The van der Waals surface area contributed by atoms with Crippen LogP contribution in [0.4, 0.5) is 4.79 Å². The number of nitrogens with zero attached hydrogens (tertiary/aromatic N) is 7. The first-order valence-electron chi connectivity index (χ1n) is 29.6. The van der Waals surface area contributed by atoms with E-state index in [2.05, 4.69) is 21.3 Å². The van der Waals surface area contributed by atoms with Crippen LogP contribution < -0.4 is 21.3 Å². The lowest BCUT2D eigenvalue weighted by atomic mass is 9.91. The minimum absolute atomic E-state index is 0.00328. The minimum atomic E-state index is -2.13. The molecule has 0 spiro atoms. The van der Waals surface area contributed by atoms with E-state index in [9.17, 15) is 53.1 Å². The van der Waals surface area contributed by atoms with Gasteiger partial charge in [-0.15, -0.1) is 0 Å². The fourth-order valence-electron chi connectivity index (χ4n) is 11.3. The van der Waals surface area contributed by atoms with Crippen LogP contribution in [-0.2, 0) is 57.5 Å². The molecule has 0 aromatic carbocycles. The Kier molecular flexibility index (Phi) is 27.5. The molecule has 0 saturated carbocycles. The zero-order chi connectivity index (χ0) is 65.0. The van der Waals surface area contributed by atoms with Crippen molar-refractivity contribution in [3.8, 4) is 0 Å². The molecule has 2 rings (SSSR count). The van der Waals surface area contributed by atoms with Gasteiger partial charge in [0.15, 0.2) is 23.9 Å². The summed E-state index contributed by atoms with van der Waals surface area (Å²) < 4.78 is 6.69. The highest BCUT2D eigenvalue weighted by atomic mass is 16.5. The third-order valence-electron chi connectivity index (χ3n) is 16.5. The summed E-state index contributed by atoms with van der Waals surface area (Å²) in [6.45, 7) is 25.4. The van der Waals surface area contributed by atoms with Crippen molar-refractivity contribution in [3.63, 3.8) is 0 Å². The van der Waals surface area contributed by atoms with Gasteiger partial charge >= 0.3 is 12.0 Å². The molecule has 13 unspecified atom stereocenters. The monoisotopic (exact) mass is 1190 g/mol. The molecule has 0 aliphatic carbocycles. The second kappa shape index (κ2) is 31.2. The lowest BCUT2D eigenvalue weighted by molar-refractivity contribution is -0.154. The van der Waals surface area contributed by atoms with Gasteiger partial charge in [0.2, 0.25) is 47.3 Å². The van der Waals surface area contributed by atoms with E-state index in [0.717, 1.165) is 19.6 Å². The van der Waals surface area contributed by atoms with Crippen LogP contribution >= 0.6 is 0 Å². The van der Waals surface area contributed by atoms with E-state index in [4.69, 9.17) is 4.74 Å². The molecule has 2 fully saturated rings. The zero-order valence-electron chi connectivity index (χ0n) is 54.2. The number of aliphatic carboxylic acids is 1. The van der Waals surface area contributed by atoms with Crippen molar-refractivity contribution in [2.75, 3.05) is 49.3 Å². The van der Waals surface area contributed by atoms with E-state index in [0.29, 0.717) is 12.6 Å². The standard InChI is InChI=1S/C59H103N11O14/c1-23-40-52(78)64(16)38(13)51(77)70(22)59(31-72,29-34(6)7)61-44(35(8)9)54(80)65(17)41(27-32(2)3)49(75)62-58(15,30-71)63-57(83)69(21)45(36(10)11)55(81)66(18)42(28-33(4)5)53(79)67(19)46-39(14)84-48(37(12)25-24-26-43(73)74)47(50(76)60-40)68(20)56(46)82/h30-42,44-48,61H,23-29H2,1-22H3,(H,60,76)(H,62,75)(H,63,83)(H,73,74). The Morgan fingerprint density at radius 2 is 1.15 bits per heavy atom. The second-order valence-corrected chi connectivity index (χ2v) is 25.6. The lowest BCUT2D eigenvalue weighted by Gasteiger charge is -2.45. The van der Waals surface area contributed by atoms with Gasteiger partial charge in [0.1, 0.15) is 42.3 Å². The van der Waals surface area contributed by atoms with Crippen LogP contribution in [0.5, 0.6) is 0 Å². The molecule has 25 heteroatoms. The summed E-state index contributed by atoms with van der Waals surface area (Å²) in [4.78, 5) is 180. The van der Waals surface area contributed by atoms with E-state index < -0.39 is 149 Å². The Hall–Kier alpha value is -6.24. The summed E-state index contributed by atoms with van der Waals surface area (Å²) in [6, 6.07) is -11.5. The molecule has 0 aromatic heterocycles. The Morgan fingerprint density at radius 3 is 1.63 bits per heavy atom. The van der Waals surface area contributed by atoms with Gasteiger partial charge in [0, 0.05) is 55.8 Å². The van der Waals surface area contributed by atoms with Gasteiger partial charge in [0.25, 0.3) is 0 Å². The van der Waals surface area contributed by atoms with E-state index in [1.807, 2.05) is 41.5 Å². The third-order valence-corrected chi connectivity index (χ3v) is 16.5. The van der Waals surface area contributed by atoms with Crippen LogP contribution in [0.2, 0.25) is 0 Å². The first-order valence-corrected chi connectivity index (χ1v) is 29.6. The topological polar surface area (TPSA) is 305 Å². The molecule has 84 heavy (non-hydrogen) atoms. The van der Waals surface area contributed by atoms with Crippen molar-refractivity contribution < 1.29 is 67.4 Å².